The van der Waals surface area contributed by atoms with E-state index in [1.807, 2.05) is 0 Å². The highest BCUT2D eigenvalue weighted by Gasteiger charge is 2.11. The maximum absolute atomic E-state index is 11.6. The Morgan fingerprint density at radius 3 is 2.69 bits per heavy atom. The minimum absolute atomic E-state index is 0.0499. The van der Waals surface area contributed by atoms with Gasteiger partial charge in [-0.25, -0.2) is 4.79 Å². The predicted molar refractivity (Wildman–Crippen MR) is 60.2 cm³/mol. The summed E-state index contributed by atoms with van der Waals surface area (Å²) in [4.78, 5) is 27.7. The fraction of sp³-hybridized carbons (Fsp3) is 0.0909. The second-order valence-corrected chi connectivity index (χ2v) is 3.33. The predicted octanol–water partition coefficient (Wildman–Crippen LogP) is 0.511. The summed E-state index contributed by atoms with van der Waals surface area (Å²) < 4.78 is 0. The molecular weight excluding hydrogens is 206 g/mol. The number of ketones is 1. The minimum atomic E-state index is -0.301. The van der Waals surface area contributed by atoms with Crippen molar-refractivity contribution in [3.63, 3.8) is 0 Å². The molecule has 82 valence electrons. The molecule has 16 heavy (non-hydrogen) atoms. The van der Waals surface area contributed by atoms with Gasteiger partial charge in [0.25, 0.3) is 0 Å². The van der Waals surface area contributed by atoms with Crippen LogP contribution in [0.1, 0.15) is 10.4 Å². The van der Waals surface area contributed by atoms with Crippen LogP contribution in [0, 0.1) is 0 Å². The van der Waals surface area contributed by atoms with E-state index in [4.69, 9.17) is 5.73 Å². The Labute approximate surface area is 91.3 Å². The summed E-state index contributed by atoms with van der Waals surface area (Å²) in [6.07, 6.45) is 1.53. The molecule has 2 rings (SSSR count). The molecule has 2 aromatic rings. The van der Waals surface area contributed by atoms with E-state index < -0.39 is 0 Å². The number of rotatable bonds is 3. The number of carbonyl (C=O) groups excluding carboxylic acids is 1. The number of nitrogens with two attached hydrogens (primary N) is 1. The minimum Gasteiger partial charge on any atom is -0.324 e. The third-order valence-electron chi connectivity index (χ3n) is 2.30. The molecule has 1 heterocycles. The lowest BCUT2D eigenvalue weighted by Crippen LogP contribution is -2.14. The summed E-state index contributed by atoms with van der Waals surface area (Å²) >= 11 is 0. The summed E-state index contributed by atoms with van der Waals surface area (Å²) in [6, 6.07) is 7.02. The molecule has 0 fully saturated rings. The number of hydrogen-bond donors (Lipinski definition) is 3. The van der Waals surface area contributed by atoms with Crippen LogP contribution in [0.15, 0.2) is 35.3 Å². The molecule has 0 bridgehead atoms. The molecule has 0 saturated carbocycles. The summed E-state index contributed by atoms with van der Waals surface area (Å²) in [5.41, 5.74) is 6.80. The van der Waals surface area contributed by atoms with Crippen LogP contribution in [0.3, 0.4) is 0 Å². The fourth-order valence-electron chi connectivity index (χ4n) is 1.55. The molecule has 0 amide bonds. The number of nitrogens with one attached hydrogen (secondary N) is 2. The molecule has 1 aromatic carbocycles. The van der Waals surface area contributed by atoms with Crippen molar-refractivity contribution < 1.29 is 4.79 Å². The molecule has 0 aliphatic rings. The van der Waals surface area contributed by atoms with Crippen molar-refractivity contribution in [2.45, 2.75) is 0 Å². The molecule has 5 nitrogen and oxygen atoms in total. The number of benzene rings is 1. The van der Waals surface area contributed by atoms with E-state index in [-0.39, 0.29) is 18.0 Å². The maximum atomic E-state index is 11.6. The molecule has 0 aliphatic heterocycles. The van der Waals surface area contributed by atoms with Gasteiger partial charge in [0.05, 0.1) is 12.2 Å². The van der Waals surface area contributed by atoms with Crippen molar-refractivity contribution >= 4 is 5.78 Å². The zero-order valence-corrected chi connectivity index (χ0v) is 8.49. The third kappa shape index (κ3) is 1.80. The van der Waals surface area contributed by atoms with Gasteiger partial charge in [0.15, 0.2) is 5.78 Å². The smallest absolute Gasteiger partial charge is 0.323 e. The first-order chi connectivity index (χ1) is 7.72. The average molecular weight is 217 g/mol. The number of imidazole rings is 1. The Balaban J connectivity index is 2.56. The SMILES string of the molecule is NCC(=O)c1ccccc1-c1c[nH]c(=O)[nH]1. The molecule has 4 N–H and O–H groups in total. The second kappa shape index (κ2) is 4.16. The lowest BCUT2D eigenvalue weighted by atomic mass is 10.0. The number of Topliss-reactive ketones (excluding diaryl/α,β-unsaturated/α-hetero) is 1. The van der Waals surface area contributed by atoms with E-state index in [0.29, 0.717) is 16.8 Å². The van der Waals surface area contributed by atoms with Gasteiger partial charge >= 0.3 is 5.69 Å². The zero-order valence-electron chi connectivity index (χ0n) is 8.49. The van der Waals surface area contributed by atoms with E-state index in [9.17, 15) is 9.59 Å². The Bertz CT molecular complexity index is 568. The van der Waals surface area contributed by atoms with E-state index in [1.165, 1.54) is 6.20 Å². The van der Waals surface area contributed by atoms with Crippen molar-refractivity contribution in [2.24, 2.45) is 5.73 Å². The number of hydrogen-bond acceptors (Lipinski definition) is 3. The van der Waals surface area contributed by atoms with Crippen LogP contribution in [0.2, 0.25) is 0 Å². The highest BCUT2D eigenvalue weighted by Crippen LogP contribution is 2.20. The summed E-state index contributed by atoms with van der Waals surface area (Å²) in [6.45, 7) is -0.0499. The van der Waals surface area contributed by atoms with Crippen LogP contribution in [0.5, 0.6) is 0 Å². The standard InChI is InChI=1S/C11H11N3O2/c12-5-10(15)8-4-2-1-3-7(8)9-6-13-11(16)14-9/h1-4,6H,5,12H2,(H2,13,14,16). The Kier molecular flexibility index (Phi) is 2.70. The molecule has 0 saturated heterocycles. The second-order valence-electron chi connectivity index (χ2n) is 3.33. The number of aromatic nitrogens is 2. The van der Waals surface area contributed by atoms with Crippen LogP contribution in [0.25, 0.3) is 11.3 Å². The van der Waals surface area contributed by atoms with Crippen molar-refractivity contribution in [2.75, 3.05) is 6.54 Å². The first-order valence-electron chi connectivity index (χ1n) is 4.82. The highest BCUT2D eigenvalue weighted by atomic mass is 16.1. The first-order valence-corrected chi connectivity index (χ1v) is 4.82. The fourth-order valence-corrected chi connectivity index (χ4v) is 1.55. The molecule has 0 unspecified atom stereocenters. The van der Waals surface area contributed by atoms with E-state index in [2.05, 4.69) is 9.97 Å². The van der Waals surface area contributed by atoms with E-state index in [1.54, 1.807) is 24.3 Å². The van der Waals surface area contributed by atoms with Crippen molar-refractivity contribution in [1.29, 1.82) is 0 Å². The van der Waals surface area contributed by atoms with E-state index in [0.717, 1.165) is 0 Å². The summed E-state index contributed by atoms with van der Waals surface area (Å²) in [7, 11) is 0. The van der Waals surface area contributed by atoms with Gasteiger partial charge in [0, 0.05) is 17.3 Å². The van der Waals surface area contributed by atoms with Crippen LogP contribution in [-0.4, -0.2) is 22.3 Å². The monoisotopic (exact) mass is 217 g/mol. The zero-order chi connectivity index (χ0) is 11.5. The van der Waals surface area contributed by atoms with Gasteiger partial charge in [0.1, 0.15) is 0 Å². The Morgan fingerprint density at radius 2 is 2.06 bits per heavy atom. The van der Waals surface area contributed by atoms with Gasteiger partial charge in [-0.05, 0) is 0 Å². The van der Waals surface area contributed by atoms with Gasteiger partial charge in [-0.2, -0.15) is 0 Å². The molecule has 0 spiro atoms. The van der Waals surface area contributed by atoms with E-state index >= 15 is 0 Å². The lowest BCUT2D eigenvalue weighted by molar-refractivity contribution is 0.100. The molecule has 0 radical (unpaired) electrons. The van der Waals surface area contributed by atoms with Gasteiger partial charge in [-0.3, -0.25) is 4.79 Å². The van der Waals surface area contributed by atoms with Crippen LogP contribution in [0.4, 0.5) is 0 Å². The molecule has 1 aromatic heterocycles. The lowest BCUT2D eigenvalue weighted by Gasteiger charge is -2.04. The van der Waals surface area contributed by atoms with Gasteiger partial charge in [-0.15, -0.1) is 0 Å². The third-order valence-corrected chi connectivity index (χ3v) is 2.30. The van der Waals surface area contributed by atoms with Gasteiger partial charge < -0.3 is 15.7 Å². The van der Waals surface area contributed by atoms with Gasteiger partial charge in [-0.1, -0.05) is 24.3 Å². The summed E-state index contributed by atoms with van der Waals surface area (Å²) in [5, 5.41) is 0. The van der Waals surface area contributed by atoms with Crippen molar-refractivity contribution in [3.05, 3.63) is 46.5 Å². The number of carbonyl (C=O) groups is 1. The topological polar surface area (TPSA) is 91.7 Å². The largest absolute Gasteiger partial charge is 0.324 e. The molecule has 0 atom stereocenters. The quantitative estimate of drug-likeness (QED) is 0.654. The van der Waals surface area contributed by atoms with Crippen molar-refractivity contribution in [3.8, 4) is 11.3 Å². The van der Waals surface area contributed by atoms with Crippen LogP contribution >= 0.6 is 0 Å². The molecule has 0 aliphatic carbocycles. The van der Waals surface area contributed by atoms with Crippen molar-refractivity contribution in [1.82, 2.24) is 9.97 Å². The van der Waals surface area contributed by atoms with Crippen LogP contribution in [-0.2, 0) is 0 Å². The molecule has 5 heteroatoms. The maximum Gasteiger partial charge on any atom is 0.323 e. The van der Waals surface area contributed by atoms with Crippen LogP contribution < -0.4 is 11.4 Å². The average Bonchev–Trinajstić information content (AvgIpc) is 2.75. The summed E-state index contributed by atoms with van der Waals surface area (Å²) in [5.74, 6) is -0.155. The molecular formula is C11H11N3O2. The Hall–Kier alpha value is -2.14. The number of H-pyrrole nitrogens is 2. The first kappa shape index (κ1) is 10.4. The van der Waals surface area contributed by atoms with Gasteiger partial charge in [0.2, 0.25) is 0 Å². The Morgan fingerprint density at radius 1 is 1.31 bits per heavy atom. The normalized spacial score (nSPS) is 10.3. The number of aromatic amines is 2. The highest BCUT2D eigenvalue weighted by molar-refractivity contribution is 6.03.